The Bertz CT molecular complexity index is 241. The maximum absolute atomic E-state index is 11.9. The van der Waals surface area contributed by atoms with E-state index in [9.17, 15) is 9.90 Å². The number of carbonyl (C=O) groups excluding carboxylic acids is 1. The average Bonchev–Trinajstić information content (AvgIpc) is 2.26. The number of hydrogen-bond acceptors (Lipinski definition) is 3. The molecular formula is C12H24N2O2. The maximum Gasteiger partial charge on any atom is 0.225 e. The van der Waals surface area contributed by atoms with E-state index in [0.717, 1.165) is 19.6 Å². The Kier molecular flexibility index (Phi) is 4.74. The quantitative estimate of drug-likeness (QED) is 0.767. The Labute approximate surface area is 98.2 Å². The average molecular weight is 228 g/mol. The molecule has 1 rings (SSSR count). The molecule has 0 aromatic heterocycles. The summed E-state index contributed by atoms with van der Waals surface area (Å²) in [5.41, 5.74) is 0. The van der Waals surface area contributed by atoms with Crippen molar-refractivity contribution < 1.29 is 9.90 Å². The smallest absolute Gasteiger partial charge is 0.225 e. The maximum atomic E-state index is 11.9. The Morgan fingerprint density at radius 3 is 2.38 bits per heavy atom. The highest BCUT2D eigenvalue weighted by Gasteiger charge is 2.31. The zero-order chi connectivity index (χ0) is 12.3. The van der Waals surface area contributed by atoms with Crippen molar-refractivity contribution in [2.24, 2.45) is 5.92 Å². The molecule has 1 heterocycles. The second kappa shape index (κ2) is 5.64. The fourth-order valence-electron chi connectivity index (χ4n) is 2.13. The first-order valence-corrected chi connectivity index (χ1v) is 6.12. The van der Waals surface area contributed by atoms with Gasteiger partial charge in [-0.25, -0.2) is 0 Å². The van der Waals surface area contributed by atoms with Crippen LogP contribution >= 0.6 is 0 Å². The Hall–Kier alpha value is -0.610. The van der Waals surface area contributed by atoms with Crippen LogP contribution in [0.4, 0.5) is 0 Å². The summed E-state index contributed by atoms with van der Waals surface area (Å²) in [6.45, 7) is 10.6. The molecule has 0 spiro atoms. The first-order valence-electron chi connectivity index (χ1n) is 6.12. The highest BCUT2D eigenvalue weighted by molar-refractivity contribution is 5.78. The number of hydrogen-bond donors (Lipinski definition) is 1. The molecule has 0 saturated carbocycles. The third kappa shape index (κ3) is 2.95. The van der Waals surface area contributed by atoms with E-state index in [2.05, 4.69) is 18.7 Å². The van der Waals surface area contributed by atoms with Crippen molar-refractivity contribution in [3.63, 3.8) is 0 Å². The van der Waals surface area contributed by atoms with Crippen LogP contribution in [0.5, 0.6) is 0 Å². The molecule has 0 bridgehead atoms. The molecule has 1 fully saturated rings. The molecule has 4 heteroatoms. The van der Waals surface area contributed by atoms with Crippen LogP contribution in [-0.4, -0.2) is 59.1 Å². The van der Waals surface area contributed by atoms with Crippen LogP contribution in [-0.2, 0) is 4.79 Å². The van der Waals surface area contributed by atoms with Crippen molar-refractivity contribution >= 4 is 5.91 Å². The van der Waals surface area contributed by atoms with Gasteiger partial charge < -0.3 is 10.0 Å². The van der Waals surface area contributed by atoms with Crippen molar-refractivity contribution in [3.05, 3.63) is 0 Å². The summed E-state index contributed by atoms with van der Waals surface area (Å²) in [6, 6.07) is 0.441. The van der Waals surface area contributed by atoms with Crippen LogP contribution in [0.25, 0.3) is 0 Å². The second-order valence-corrected chi connectivity index (χ2v) is 5.11. The number of rotatable bonds is 3. The fraction of sp³-hybridized carbons (Fsp3) is 0.917. The third-order valence-corrected chi connectivity index (χ3v) is 3.23. The van der Waals surface area contributed by atoms with Crippen LogP contribution < -0.4 is 0 Å². The summed E-state index contributed by atoms with van der Waals surface area (Å²) in [5, 5.41) is 9.37. The molecule has 0 radical (unpaired) electrons. The molecule has 0 aliphatic carbocycles. The molecule has 1 unspecified atom stereocenters. The zero-order valence-corrected chi connectivity index (χ0v) is 10.8. The summed E-state index contributed by atoms with van der Waals surface area (Å²) >= 11 is 0. The van der Waals surface area contributed by atoms with E-state index in [0.29, 0.717) is 6.04 Å². The van der Waals surface area contributed by atoms with Gasteiger partial charge in [0.25, 0.3) is 0 Å². The number of piperazine rings is 1. The van der Waals surface area contributed by atoms with E-state index >= 15 is 0 Å². The number of carbonyl (C=O) groups is 1. The predicted octanol–water partition coefficient (Wildman–Crippen LogP) is 0.556. The minimum atomic E-state index is -0.0361. The van der Waals surface area contributed by atoms with Crippen molar-refractivity contribution in [3.8, 4) is 0 Å². The standard InChI is InChI=1S/C12H24N2O2/c1-9(2)12(16)14-6-5-13(10(3)4)7-11(14)8-15/h9-11,15H,5-8H2,1-4H3. The second-order valence-electron chi connectivity index (χ2n) is 5.11. The lowest BCUT2D eigenvalue weighted by Gasteiger charge is -2.43. The van der Waals surface area contributed by atoms with Crippen LogP contribution in [0, 0.1) is 5.92 Å². The van der Waals surface area contributed by atoms with E-state index in [4.69, 9.17) is 0 Å². The van der Waals surface area contributed by atoms with Gasteiger partial charge in [-0.05, 0) is 13.8 Å². The van der Waals surface area contributed by atoms with Gasteiger partial charge in [-0.15, -0.1) is 0 Å². The SMILES string of the molecule is CC(C)C(=O)N1CCN(C(C)C)CC1CO. The van der Waals surface area contributed by atoms with Crippen molar-refractivity contribution in [2.75, 3.05) is 26.2 Å². The van der Waals surface area contributed by atoms with Crippen LogP contribution in [0.2, 0.25) is 0 Å². The highest BCUT2D eigenvalue weighted by Crippen LogP contribution is 2.15. The lowest BCUT2D eigenvalue weighted by Crippen LogP contribution is -2.58. The van der Waals surface area contributed by atoms with Gasteiger partial charge in [-0.3, -0.25) is 9.69 Å². The van der Waals surface area contributed by atoms with Gasteiger partial charge in [-0.2, -0.15) is 0 Å². The Morgan fingerprint density at radius 1 is 1.31 bits per heavy atom. The fourth-order valence-corrected chi connectivity index (χ4v) is 2.13. The van der Waals surface area contributed by atoms with E-state index in [1.165, 1.54) is 0 Å². The molecular weight excluding hydrogens is 204 g/mol. The summed E-state index contributed by atoms with van der Waals surface area (Å²) in [5.74, 6) is 0.169. The van der Waals surface area contributed by atoms with Crippen LogP contribution in [0.3, 0.4) is 0 Å². The van der Waals surface area contributed by atoms with Gasteiger partial charge in [0.15, 0.2) is 0 Å². The van der Waals surface area contributed by atoms with Crippen LogP contribution in [0.15, 0.2) is 0 Å². The van der Waals surface area contributed by atoms with Crippen molar-refractivity contribution in [1.29, 1.82) is 0 Å². The van der Waals surface area contributed by atoms with Crippen molar-refractivity contribution in [2.45, 2.75) is 39.8 Å². The molecule has 1 saturated heterocycles. The molecule has 1 N–H and O–H groups in total. The monoisotopic (exact) mass is 228 g/mol. The highest BCUT2D eigenvalue weighted by atomic mass is 16.3. The molecule has 1 aliphatic rings. The third-order valence-electron chi connectivity index (χ3n) is 3.23. The summed E-state index contributed by atoms with van der Waals surface area (Å²) in [4.78, 5) is 16.1. The molecule has 0 aromatic carbocycles. The van der Waals surface area contributed by atoms with Gasteiger partial charge in [-0.1, -0.05) is 13.8 Å². The summed E-state index contributed by atoms with van der Waals surface area (Å²) in [6.07, 6.45) is 0. The van der Waals surface area contributed by atoms with Gasteiger partial charge in [0.05, 0.1) is 12.6 Å². The predicted molar refractivity (Wildman–Crippen MR) is 64.1 cm³/mol. The first kappa shape index (κ1) is 13.5. The Balaban J connectivity index is 2.65. The number of aliphatic hydroxyl groups excluding tert-OH is 1. The topological polar surface area (TPSA) is 43.8 Å². The number of aliphatic hydroxyl groups is 1. The largest absolute Gasteiger partial charge is 0.394 e. The zero-order valence-electron chi connectivity index (χ0n) is 10.8. The Morgan fingerprint density at radius 2 is 1.94 bits per heavy atom. The summed E-state index contributed by atoms with van der Waals surface area (Å²) in [7, 11) is 0. The van der Waals surface area contributed by atoms with Gasteiger partial charge in [0, 0.05) is 31.6 Å². The van der Waals surface area contributed by atoms with Crippen molar-refractivity contribution in [1.82, 2.24) is 9.80 Å². The molecule has 94 valence electrons. The van der Waals surface area contributed by atoms with E-state index < -0.39 is 0 Å². The lowest BCUT2D eigenvalue weighted by molar-refractivity contribution is -0.141. The number of amides is 1. The van der Waals surface area contributed by atoms with Gasteiger partial charge in [0.2, 0.25) is 5.91 Å². The minimum absolute atomic E-state index is 0.0136. The molecule has 16 heavy (non-hydrogen) atoms. The molecule has 1 aliphatic heterocycles. The lowest BCUT2D eigenvalue weighted by atomic mass is 10.1. The number of nitrogens with zero attached hydrogens (tertiary/aromatic N) is 2. The molecule has 0 aromatic rings. The van der Waals surface area contributed by atoms with E-state index in [1.54, 1.807) is 0 Å². The molecule has 1 amide bonds. The van der Waals surface area contributed by atoms with Gasteiger partial charge >= 0.3 is 0 Å². The van der Waals surface area contributed by atoms with E-state index in [-0.39, 0.29) is 24.5 Å². The van der Waals surface area contributed by atoms with Crippen LogP contribution in [0.1, 0.15) is 27.7 Å². The van der Waals surface area contributed by atoms with E-state index in [1.807, 2.05) is 18.7 Å². The minimum Gasteiger partial charge on any atom is -0.394 e. The van der Waals surface area contributed by atoms with Gasteiger partial charge in [0.1, 0.15) is 0 Å². The first-order chi connectivity index (χ1) is 7.47. The molecule has 4 nitrogen and oxygen atoms in total. The summed E-state index contributed by atoms with van der Waals surface area (Å²) < 4.78 is 0. The normalized spacial score (nSPS) is 23.2. The molecule has 1 atom stereocenters.